The molecule has 1 saturated heterocycles. The molecule has 6 nitrogen and oxygen atoms in total. The molecular weight excluding hydrogens is 370 g/mol. The van der Waals surface area contributed by atoms with Crippen molar-refractivity contribution in [3.63, 3.8) is 0 Å². The summed E-state index contributed by atoms with van der Waals surface area (Å²) >= 11 is 1.70. The Morgan fingerprint density at radius 1 is 1.14 bits per heavy atom. The largest absolute Gasteiger partial charge is 0.353 e. The molecule has 1 amide bonds. The lowest BCUT2D eigenvalue weighted by Gasteiger charge is -2.36. The van der Waals surface area contributed by atoms with Crippen molar-refractivity contribution in [1.82, 2.24) is 19.8 Å². The highest BCUT2D eigenvalue weighted by Crippen LogP contribution is 2.28. The molecule has 1 atom stereocenters. The second kappa shape index (κ2) is 8.24. The fourth-order valence-corrected chi connectivity index (χ4v) is 4.52. The molecule has 4 rings (SSSR count). The molecule has 2 aromatic heterocycles. The second-order valence-electron chi connectivity index (χ2n) is 7.17. The first kappa shape index (κ1) is 18.8. The number of fused-ring (bicyclic) bond motifs is 1. The van der Waals surface area contributed by atoms with Crippen molar-refractivity contribution >= 4 is 33.3 Å². The van der Waals surface area contributed by atoms with Gasteiger partial charge in [-0.3, -0.25) is 9.69 Å². The van der Waals surface area contributed by atoms with Gasteiger partial charge < -0.3 is 9.80 Å². The molecule has 1 aromatic carbocycles. The molecule has 3 aromatic rings. The summed E-state index contributed by atoms with van der Waals surface area (Å²) in [6, 6.07) is 14.2. The average molecular weight is 396 g/mol. The molecule has 0 radical (unpaired) electrons. The molecule has 1 fully saturated rings. The number of thiazole rings is 1. The number of rotatable bonds is 5. The van der Waals surface area contributed by atoms with Gasteiger partial charge in [0.2, 0.25) is 5.91 Å². The van der Waals surface area contributed by atoms with E-state index in [9.17, 15) is 4.79 Å². The topological polar surface area (TPSA) is 52.6 Å². The molecular formula is C21H25N5OS. The molecule has 28 heavy (non-hydrogen) atoms. The van der Waals surface area contributed by atoms with Crippen LogP contribution in [0.4, 0.5) is 5.82 Å². The van der Waals surface area contributed by atoms with E-state index in [4.69, 9.17) is 4.98 Å². The number of nitrogens with zero attached hydrogens (tertiary/aromatic N) is 5. The van der Waals surface area contributed by atoms with Crippen molar-refractivity contribution in [3.05, 3.63) is 53.7 Å². The second-order valence-corrected chi connectivity index (χ2v) is 8.23. The number of para-hydroxylation sites is 1. The van der Waals surface area contributed by atoms with Crippen molar-refractivity contribution in [3.8, 4) is 0 Å². The van der Waals surface area contributed by atoms with E-state index < -0.39 is 0 Å². The quantitative estimate of drug-likeness (QED) is 0.665. The summed E-state index contributed by atoms with van der Waals surface area (Å²) in [5.74, 6) is 1.16. The van der Waals surface area contributed by atoms with Gasteiger partial charge >= 0.3 is 0 Å². The fourth-order valence-electron chi connectivity index (χ4n) is 3.43. The summed E-state index contributed by atoms with van der Waals surface area (Å²) in [5.41, 5.74) is 1.03. The summed E-state index contributed by atoms with van der Waals surface area (Å²) in [7, 11) is 2.00. The molecule has 0 saturated carbocycles. The van der Waals surface area contributed by atoms with E-state index in [1.165, 1.54) is 4.70 Å². The van der Waals surface area contributed by atoms with Crippen LogP contribution in [0.1, 0.15) is 18.0 Å². The number of carbonyl (C=O) groups is 1. The average Bonchev–Trinajstić information content (AvgIpc) is 3.18. The van der Waals surface area contributed by atoms with Crippen molar-refractivity contribution in [2.45, 2.75) is 13.0 Å². The highest BCUT2D eigenvalue weighted by atomic mass is 32.1. The van der Waals surface area contributed by atoms with E-state index in [1.807, 2.05) is 54.5 Å². The number of carbonyl (C=O) groups excluding carboxylic acids is 1. The van der Waals surface area contributed by atoms with E-state index in [1.54, 1.807) is 11.3 Å². The van der Waals surface area contributed by atoms with Crippen LogP contribution in [0.5, 0.6) is 0 Å². The van der Waals surface area contributed by atoms with Crippen molar-refractivity contribution in [2.24, 2.45) is 0 Å². The highest BCUT2D eigenvalue weighted by Gasteiger charge is 2.25. The molecule has 0 bridgehead atoms. The normalized spacial score (nSPS) is 16.0. The van der Waals surface area contributed by atoms with Gasteiger partial charge in [0.05, 0.1) is 22.8 Å². The van der Waals surface area contributed by atoms with Crippen LogP contribution < -0.4 is 4.90 Å². The van der Waals surface area contributed by atoms with Crippen LogP contribution in [0.15, 0.2) is 48.7 Å². The Kier molecular flexibility index (Phi) is 5.54. The third-order valence-corrected chi connectivity index (χ3v) is 6.53. The van der Waals surface area contributed by atoms with Crippen molar-refractivity contribution in [1.29, 1.82) is 0 Å². The molecule has 0 N–H and O–H groups in total. The first-order chi connectivity index (χ1) is 13.6. The zero-order chi connectivity index (χ0) is 19.5. The lowest BCUT2D eigenvalue weighted by atomic mass is 10.2. The maximum absolute atomic E-state index is 12.8. The number of anilines is 1. The van der Waals surface area contributed by atoms with Gasteiger partial charge in [-0.25, -0.2) is 9.97 Å². The van der Waals surface area contributed by atoms with Gasteiger partial charge in [-0.05, 0) is 38.2 Å². The number of hydrogen-bond donors (Lipinski definition) is 0. The maximum Gasteiger partial charge on any atom is 0.236 e. The fraction of sp³-hybridized carbons (Fsp3) is 0.381. The van der Waals surface area contributed by atoms with Gasteiger partial charge in [-0.1, -0.05) is 18.2 Å². The zero-order valence-electron chi connectivity index (χ0n) is 16.3. The number of benzene rings is 1. The van der Waals surface area contributed by atoms with Crippen LogP contribution >= 0.6 is 11.3 Å². The van der Waals surface area contributed by atoms with Crippen LogP contribution in [0.2, 0.25) is 0 Å². The van der Waals surface area contributed by atoms with E-state index >= 15 is 0 Å². The minimum Gasteiger partial charge on any atom is -0.353 e. The molecule has 3 heterocycles. The van der Waals surface area contributed by atoms with E-state index in [-0.39, 0.29) is 11.9 Å². The van der Waals surface area contributed by atoms with Gasteiger partial charge in [0.1, 0.15) is 10.8 Å². The standard InChI is InChI=1S/C21H25N5OS/c1-16(21-23-17-7-3-4-8-18(17)28-21)24(2)15-20(27)26-13-11-25(12-14-26)19-9-5-6-10-22-19/h3-10,16H,11-15H2,1-2H3/t16-/m0/s1. The van der Waals surface area contributed by atoms with Gasteiger partial charge in [0.25, 0.3) is 0 Å². The third kappa shape index (κ3) is 4.00. The Labute approximate surface area is 169 Å². The summed E-state index contributed by atoms with van der Waals surface area (Å²) in [6.45, 7) is 5.63. The molecule has 0 aliphatic carbocycles. The minimum absolute atomic E-state index is 0.108. The lowest BCUT2D eigenvalue weighted by Crippen LogP contribution is -2.51. The van der Waals surface area contributed by atoms with Crippen LogP contribution in [-0.4, -0.2) is 65.4 Å². The Bertz CT molecular complexity index is 903. The van der Waals surface area contributed by atoms with Crippen molar-refractivity contribution < 1.29 is 4.79 Å². The van der Waals surface area contributed by atoms with Gasteiger partial charge in [0, 0.05) is 32.4 Å². The molecule has 0 spiro atoms. The minimum atomic E-state index is 0.108. The van der Waals surface area contributed by atoms with Gasteiger partial charge in [0.15, 0.2) is 0 Å². The van der Waals surface area contributed by atoms with Crippen LogP contribution in [0.25, 0.3) is 10.2 Å². The predicted octanol–water partition coefficient (Wildman–Crippen LogP) is 3.03. The van der Waals surface area contributed by atoms with Gasteiger partial charge in [-0.15, -0.1) is 11.3 Å². The Hall–Kier alpha value is -2.51. The van der Waals surface area contributed by atoms with E-state index in [0.717, 1.165) is 42.5 Å². The summed E-state index contributed by atoms with van der Waals surface area (Å²) in [4.78, 5) is 28.2. The zero-order valence-corrected chi connectivity index (χ0v) is 17.1. The first-order valence-electron chi connectivity index (χ1n) is 9.61. The lowest BCUT2D eigenvalue weighted by molar-refractivity contribution is -0.132. The molecule has 7 heteroatoms. The number of likely N-dealkylation sites (N-methyl/N-ethyl adjacent to an activating group) is 1. The first-order valence-corrected chi connectivity index (χ1v) is 10.4. The molecule has 146 valence electrons. The van der Waals surface area contributed by atoms with Crippen molar-refractivity contribution in [2.75, 3.05) is 44.7 Å². The third-order valence-electron chi connectivity index (χ3n) is 5.32. The summed E-state index contributed by atoms with van der Waals surface area (Å²) < 4.78 is 1.19. The summed E-state index contributed by atoms with van der Waals surface area (Å²) in [5, 5.41) is 1.05. The van der Waals surface area contributed by atoms with Crippen LogP contribution in [-0.2, 0) is 4.79 Å². The Morgan fingerprint density at radius 3 is 2.61 bits per heavy atom. The summed E-state index contributed by atoms with van der Waals surface area (Å²) in [6.07, 6.45) is 1.81. The SMILES string of the molecule is C[C@@H](c1nc2ccccc2s1)N(C)CC(=O)N1CCN(c2ccccn2)CC1. The highest BCUT2D eigenvalue weighted by molar-refractivity contribution is 7.18. The number of pyridine rings is 1. The molecule has 0 unspecified atom stereocenters. The number of aromatic nitrogens is 2. The monoisotopic (exact) mass is 395 g/mol. The smallest absolute Gasteiger partial charge is 0.236 e. The molecule has 1 aliphatic heterocycles. The number of piperazine rings is 1. The number of amides is 1. The van der Waals surface area contributed by atoms with E-state index in [0.29, 0.717) is 6.54 Å². The van der Waals surface area contributed by atoms with Crippen LogP contribution in [0, 0.1) is 0 Å². The van der Waals surface area contributed by atoms with Gasteiger partial charge in [-0.2, -0.15) is 0 Å². The molecule has 1 aliphatic rings. The maximum atomic E-state index is 12.8. The van der Waals surface area contributed by atoms with E-state index in [2.05, 4.69) is 27.8 Å². The Balaban J connectivity index is 1.33. The predicted molar refractivity (Wildman–Crippen MR) is 114 cm³/mol. The van der Waals surface area contributed by atoms with Crippen LogP contribution in [0.3, 0.4) is 0 Å². The Morgan fingerprint density at radius 2 is 1.89 bits per heavy atom. The number of hydrogen-bond acceptors (Lipinski definition) is 6.